The van der Waals surface area contributed by atoms with Crippen molar-refractivity contribution in [2.75, 3.05) is 31.1 Å². The highest BCUT2D eigenvalue weighted by atomic mass is 16.6. The third kappa shape index (κ3) is 3.09. The lowest BCUT2D eigenvalue weighted by molar-refractivity contribution is 0.0282. The lowest BCUT2D eigenvalue weighted by atomic mass is 10.0. The third-order valence-electron chi connectivity index (χ3n) is 3.97. The SMILES string of the molecule is CC(C)(C)OC(=O)N1C[C@@H]2CN(c3ncccn3)C[C@H]2C1. The van der Waals surface area contributed by atoms with Crippen LogP contribution in [0.3, 0.4) is 0 Å². The van der Waals surface area contributed by atoms with E-state index in [-0.39, 0.29) is 6.09 Å². The third-order valence-corrected chi connectivity index (χ3v) is 3.97. The highest BCUT2D eigenvalue weighted by Crippen LogP contribution is 2.33. The van der Waals surface area contributed by atoms with Gasteiger partial charge in [0.15, 0.2) is 0 Å². The quantitative estimate of drug-likeness (QED) is 0.789. The lowest BCUT2D eigenvalue weighted by Gasteiger charge is -2.26. The van der Waals surface area contributed by atoms with Crippen molar-refractivity contribution in [1.29, 1.82) is 0 Å². The number of carbonyl (C=O) groups is 1. The van der Waals surface area contributed by atoms with Crippen molar-refractivity contribution in [3.05, 3.63) is 18.5 Å². The molecule has 0 spiro atoms. The van der Waals surface area contributed by atoms with Crippen LogP contribution in [0.25, 0.3) is 0 Å². The number of nitrogens with zero attached hydrogens (tertiary/aromatic N) is 4. The summed E-state index contributed by atoms with van der Waals surface area (Å²) >= 11 is 0. The van der Waals surface area contributed by atoms with Crippen LogP contribution >= 0.6 is 0 Å². The van der Waals surface area contributed by atoms with E-state index >= 15 is 0 Å². The van der Waals surface area contributed by atoms with Crippen molar-refractivity contribution in [2.45, 2.75) is 26.4 Å². The topological polar surface area (TPSA) is 58.6 Å². The number of likely N-dealkylation sites (tertiary alicyclic amines) is 1. The summed E-state index contributed by atoms with van der Waals surface area (Å²) in [5, 5.41) is 0. The summed E-state index contributed by atoms with van der Waals surface area (Å²) in [6.07, 6.45) is 3.34. The number of fused-ring (bicyclic) bond motifs is 1. The summed E-state index contributed by atoms with van der Waals surface area (Å²) in [5.41, 5.74) is -0.432. The van der Waals surface area contributed by atoms with Crippen molar-refractivity contribution in [3.8, 4) is 0 Å². The van der Waals surface area contributed by atoms with Gasteiger partial charge in [0, 0.05) is 50.4 Å². The number of ether oxygens (including phenoxy) is 1. The molecule has 2 saturated heterocycles. The molecule has 2 fully saturated rings. The molecule has 114 valence electrons. The summed E-state index contributed by atoms with van der Waals surface area (Å²) in [4.78, 5) is 24.8. The van der Waals surface area contributed by atoms with Crippen molar-refractivity contribution in [1.82, 2.24) is 14.9 Å². The predicted octanol–water partition coefficient (Wildman–Crippen LogP) is 1.78. The smallest absolute Gasteiger partial charge is 0.410 e. The maximum Gasteiger partial charge on any atom is 0.410 e. The Bertz CT molecular complexity index is 500. The van der Waals surface area contributed by atoms with Crippen LogP contribution in [0.15, 0.2) is 18.5 Å². The average molecular weight is 290 g/mol. The minimum Gasteiger partial charge on any atom is -0.444 e. The molecule has 2 aliphatic rings. The van der Waals surface area contributed by atoms with Gasteiger partial charge in [0.2, 0.25) is 5.95 Å². The molecule has 1 aromatic rings. The minimum absolute atomic E-state index is 0.195. The minimum atomic E-state index is -0.432. The largest absolute Gasteiger partial charge is 0.444 e. The highest BCUT2D eigenvalue weighted by Gasteiger charge is 2.43. The van der Waals surface area contributed by atoms with Crippen molar-refractivity contribution < 1.29 is 9.53 Å². The van der Waals surface area contributed by atoms with Gasteiger partial charge in [0.05, 0.1) is 0 Å². The molecule has 0 radical (unpaired) electrons. The Kier molecular flexibility index (Phi) is 3.47. The van der Waals surface area contributed by atoms with Gasteiger partial charge in [-0.1, -0.05) is 0 Å². The predicted molar refractivity (Wildman–Crippen MR) is 79.0 cm³/mol. The zero-order valence-corrected chi connectivity index (χ0v) is 12.8. The van der Waals surface area contributed by atoms with E-state index in [0.717, 1.165) is 32.1 Å². The van der Waals surface area contributed by atoms with E-state index < -0.39 is 5.60 Å². The van der Waals surface area contributed by atoms with Gasteiger partial charge in [-0.15, -0.1) is 0 Å². The molecule has 0 aromatic carbocycles. The molecule has 0 bridgehead atoms. The standard InChI is InChI=1S/C15H22N4O2/c1-15(2,3)21-14(20)19-9-11-7-18(8-12(11)10-19)13-16-5-4-6-17-13/h4-6,11-12H,7-10H2,1-3H3/t11-,12-/m0/s1. The Balaban J connectivity index is 1.58. The molecule has 0 unspecified atom stereocenters. The molecule has 6 heteroatoms. The van der Waals surface area contributed by atoms with Crippen molar-refractivity contribution >= 4 is 12.0 Å². The van der Waals surface area contributed by atoms with Crippen LogP contribution in [0.1, 0.15) is 20.8 Å². The first-order valence-electron chi connectivity index (χ1n) is 7.42. The van der Waals surface area contributed by atoms with Crippen LogP contribution in [0.2, 0.25) is 0 Å². The van der Waals surface area contributed by atoms with Gasteiger partial charge < -0.3 is 14.5 Å². The first-order chi connectivity index (χ1) is 9.92. The van der Waals surface area contributed by atoms with Gasteiger partial charge in [0.1, 0.15) is 5.60 Å². The van der Waals surface area contributed by atoms with Crippen LogP contribution in [-0.4, -0.2) is 52.7 Å². The number of anilines is 1. The fourth-order valence-corrected chi connectivity index (χ4v) is 3.09. The van der Waals surface area contributed by atoms with Crippen LogP contribution in [0.4, 0.5) is 10.7 Å². The molecule has 2 atom stereocenters. The number of aromatic nitrogens is 2. The Morgan fingerprint density at radius 3 is 2.24 bits per heavy atom. The zero-order chi connectivity index (χ0) is 15.0. The van der Waals surface area contributed by atoms with Crippen LogP contribution < -0.4 is 4.90 Å². The number of rotatable bonds is 1. The second-order valence-corrected chi connectivity index (χ2v) is 6.86. The summed E-state index contributed by atoms with van der Waals surface area (Å²) in [7, 11) is 0. The van der Waals surface area contributed by atoms with Gasteiger partial charge in [0.25, 0.3) is 0 Å². The second-order valence-electron chi connectivity index (χ2n) is 6.86. The molecule has 21 heavy (non-hydrogen) atoms. The Labute approximate surface area is 125 Å². The van der Waals surface area contributed by atoms with Crippen LogP contribution in [0, 0.1) is 11.8 Å². The molecular weight excluding hydrogens is 268 g/mol. The van der Waals surface area contributed by atoms with Gasteiger partial charge in [-0.05, 0) is 26.8 Å². The van der Waals surface area contributed by atoms with Crippen LogP contribution in [-0.2, 0) is 4.74 Å². The van der Waals surface area contributed by atoms with E-state index in [2.05, 4.69) is 14.9 Å². The Hall–Kier alpha value is -1.85. The number of carbonyl (C=O) groups excluding carboxylic acids is 1. The normalized spacial score (nSPS) is 25.1. The molecule has 1 amide bonds. The number of hydrogen-bond acceptors (Lipinski definition) is 5. The molecule has 3 heterocycles. The highest BCUT2D eigenvalue weighted by molar-refractivity contribution is 5.68. The Morgan fingerprint density at radius 1 is 1.14 bits per heavy atom. The van der Waals surface area contributed by atoms with Gasteiger partial charge >= 0.3 is 6.09 Å². The van der Waals surface area contributed by atoms with Crippen molar-refractivity contribution in [3.63, 3.8) is 0 Å². The first kappa shape index (κ1) is 14.1. The molecule has 0 saturated carbocycles. The monoisotopic (exact) mass is 290 g/mol. The molecule has 1 aromatic heterocycles. The van der Waals surface area contributed by atoms with E-state index in [0.29, 0.717) is 11.8 Å². The maximum absolute atomic E-state index is 12.1. The fraction of sp³-hybridized carbons (Fsp3) is 0.667. The fourth-order valence-electron chi connectivity index (χ4n) is 3.09. The van der Waals surface area contributed by atoms with Gasteiger partial charge in [-0.3, -0.25) is 0 Å². The molecule has 3 rings (SSSR count). The molecule has 6 nitrogen and oxygen atoms in total. The first-order valence-corrected chi connectivity index (χ1v) is 7.42. The Morgan fingerprint density at radius 2 is 1.71 bits per heavy atom. The molecule has 2 aliphatic heterocycles. The van der Waals surface area contributed by atoms with Crippen LogP contribution in [0.5, 0.6) is 0 Å². The van der Waals surface area contributed by atoms with E-state index in [9.17, 15) is 4.79 Å². The number of hydrogen-bond donors (Lipinski definition) is 0. The van der Waals surface area contributed by atoms with Crippen molar-refractivity contribution in [2.24, 2.45) is 11.8 Å². The van der Waals surface area contributed by atoms with Gasteiger partial charge in [-0.2, -0.15) is 0 Å². The van der Waals surface area contributed by atoms with Gasteiger partial charge in [-0.25, -0.2) is 14.8 Å². The second kappa shape index (κ2) is 5.16. The molecular formula is C15H22N4O2. The molecule has 0 N–H and O–H groups in total. The van der Waals surface area contributed by atoms with E-state index in [1.807, 2.05) is 31.7 Å². The molecule has 0 aliphatic carbocycles. The zero-order valence-electron chi connectivity index (χ0n) is 12.8. The summed E-state index contributed by atoms with van der Waals surface area (Å²) in [6.45, 7) is 9.05. The maximum atomic E-state index is 12.1. The van der Waals surface area contributed by atoms with E-state index in [1.54, 1.807) is 12.4 Å². The summed E-state index contributed by atoms with van der Waals surface area (Å²) < 4.78 is 5.45. The van der Waals surface area contributed by atoms with E-state index in [1.165, 1.54) is 0 Å². The summed E-state index contributed by atoms with van der Waals surface area (Å²) in [5.74, 6) is 1.76. The average Bonchev–Trinajstić information content (AvgIpc) is 2.95. The number of amides is 1. The van der Waals surface area contributed by atoms with E-state index in [4.69, 9.17) is 4.74 Å². The summed E-state index contributed by atoms with van der Waals surface area (Å²) in [6, 6.07) is 1.82. The lowest BCUT2D eigenvalue weighted by Crippen LogP contribution is -2.37.